The molecule has 6 nitrogen and oxygen atoms in total. The number of ketones is 1. The maximum atomic E-state index is 13.3. The number of para-hydroxylation sites is 1. The smallest absolute Gasteiger partial charge is 0.315 e. The van der Waals surface area contributed by atoms with Crippen molar-refractivity contribution in [1.29, 1.82) is 0 Å². The van der Waals surface area contributed by atoms with Crippen LogP contribution in [-0.2, 0) is 9.53 Å². The molecule has 0 aromatic heterocycles. The van der Waals surface area contributed by atoms with Crippen LogP contribution in [0.15, 0.2) is 42.5 Å². The van der Waals surface area contributed by atoms with Crippen molar-refractivity contribution in [2.75, 3.05) is 56.3 Å². The van der Waals surface area contributed by atoms with Crippen LogP contribution in [0.2, 0.25) is 0 Å². The molecule has 5 rings (SSSR count). The average Bonchev–Trinajstić information content (AvgIpc) is 3.18. The van der Waals surface area contributed by atoms with E-state index in [-0.39, 0.29) is 17.6 Å². The van der Waals surface area contributed by atoms with Crippen molar-refractivity contribution >= 4 is 23.1 Å². The number of benzene rings is 2. The highest BCUT2D eigenvalue weighted by atomic mass is 19.1. The van der Waals surface area contributed by atoms with Crippen LogP contribution < -0.4 is 9.80 Å². The lowest BCUT2D eigenvalue weighted by molar-refractivity contribution is -0.949. The van der Waals surface area contributed by atoms with Gasteiger partial charge >= 0.3 is 5.97 Å². The van der Waals surface area contributed by atoms with Crippen LogP contribution in [0.5, 0.6) is 0 Å². The zero-order valence-corrected chi connectivity index (χ0v) is 22.5. The van der Waals surface area contributed by atoms with Crippen molar-refractivity contribution in [1.82, 2.24) is 0 Å². The number of likely N-dealkylation sites (tertiary alicyclic amines) is 1. The Balaban J connectivity index is 1.35. The molecular weight excluding hydrogens is 469 g/mol. The zero-order chi connectivity index (χ0) is 26.4. The number of rotatable bonds is 7. The van der Waals surface area contributed by atoms with E-state index in [4.69, 9.17) is 4.74 Å². The summed E-state index contributed by atoms with van der Waals surface area (Å²) in [5.41, 5.74) is 4.07. The van der Waals surface area contributed by atoms with Crippen LogP contribution in [0.25, 0.3) is 0 Å². The van der Waals surface area contributed by atoms with E-state index in [9.17, 15) is 14.0 Å². The van der Waals surface area contributed by atoms with Crippen molar-refractivity contribution in [2.45, 2.75) is 52.0 Å². The monoisotopic (exact) mass is 508 g/mol. The van der Waals surface area contributed by atoms with Gasteiger partial charge in [-0.05, 0) is 56.7 Å². The number of esters is 1. The first-order valence-corrected chi connectivity index (χ1v) is 13.5. The second-order valence-electron chi connectivity index (χ2n) is 12.1. The number of hydrogen-bond acceptors (Lipinski definition) is 5. The summed E-state index contributed by atoms with van der Waals surface area (Å²) in [5.74, 6) is -0.134. The summed E-state index contributed by atoms with van der Waals surface area (Å²) in [5, 5.41) is 0. The third-order valence-corrected chi connectivity index (χ3v) is 8.45. The molecule has 7 heteroatoms. The normalized spacial score (nSPS) is 24.5. The Morgan fingerprint density at radius 2 is 1.86 bits per heavy atom. The first-order chi connectivity index (χ1) is 17.6. The molecule has 1 saturated heterocycles. The second kappa shape index (κ2) is 9.75. The molecule has 0 N–H and O–H groups in total. The summed E-state index contributed by atoms with van der Waals surface area (Å²) in [6, 6.07) is 12.9. The molecule has 3 unspecified atom stereocenters. The third-order valence-electron chi connectivity index (χ3n) is 8.45. The maximum Gasteiger partial charge on any atom is 0.315 e. The average molecular weight is 509 g/mol. The Kier molecular flexibility index (Phi) is 6.77. The lowest BCUT2D eigenvalue weighted by Gasteiger charge is -2.47. The number of piperidine rings is 1. The molecule has 0 saturated carbocycles. The minimum atomic E-state index is -0.560. The minimum Gasteiger partial charge on any atom is -0.415 e. The van der Waals surface area contributed by atoms with Gasteiger partial charge in [-0.25, -0.2) is 4.39 Å². The van der Waals surface area contributed by atoms with Crippen molar-refractivity contribution in [3.63, 3.8) is 0 Å². The van der Waals surface area contributed by atoms with Gasteiger partial charge in [0.15, 0.2) is 5.78 Å². The summed E-state index contributed by atoms with van der Waals surface area (Å²) < 4.78 is 19.9. The molecule has 0 radical (unpaired) electrons. The highest BCUT2D eigenvalue weighted by molar-refractivity contribution is 5.95. The fourth-order valence-electron chi connectivity index (χ4n) is 6.36. The first kappa shape index (κ1) is 25.7. The maximum absolute atomic E-state index is 13.3. The van der Waals surface area contributed by atoms with Gasteiger partial charge in [0, 0.05) is 51.0 Å². The van der Waals surface area contributed by atoms with E-state index >= 15 is 0 Å². The van der Waals surface area contributed by atoms with Crippen molar-refractivity contribution in [3.05, 3.63) is 59.4 Å². The number of anilines is 2. The van der Waals surface area contributed by atoms with Crippen molar-refractivity contribution in [3.8, 4) is 0 Å². The van der Waals surface area contributed by atoms with E-state index in [1.807, 2.05) is 20.8 Å². The Morgan fingerprint density at radius 1 is 1.11 bits per heavy atom. The van der Waals surface area contributed by atoms with Crippen LogP contribution in [0.3, 0.4) is 0 Å². The number of halogens is 1. The molecule has 2 aromatic rings. The molecule has 3 heterocycles. The van der Waals surface area contributed by atoms with Gasteiger partial charge in [0.2, 0.25) is 6.73 Å². The molecule has 3 aliphatic heterocycles. The van der Waals surface area contributed by atoms with E-state index in [1.54, 1.807) is 12.1 Å². The van der Waals surface area contributed by atoms with E-state index in [0.29, 0.717) is 41.6 Å². The highest BCUT2D eigenvalue weighted by Gasteiger charge is 2.50. The molecule has 3 aliphatic rings. The summed E-state index contributed by atoms with van der Waals surface area (Å²) in [4.78, 5) is 30.5. The second-order valence-corrected chi connectivity index (χ2v) is 12.1. The highest BCUT2D eigenvalue weighted by Crippen LogP contribution is 2.51. The Bertz CT molecular complexity index is 1180. The lowest BCUT2D eigenvalue weighted by atomic mass is 9.87. The number of Topliss-reactive ketones (excluding diaryl/α,β-unsaturated/α-hetero) is 1. The van der Waals surface area contributed by atoms with Gasteiger partial charge in [-0.3, -0.25) is 14.1 Å². The quantitative estimate of drug-likeness (QED) is 0.300. The molecule has 3 atom stereocenters. The largest absolute Gasteiger partial charge is 0.415 e. The van der Waals surface area contributed by atoms with Gasteiger partial charge in [0.25, 0.3) is 0 Å². The molecule has 2 aromatic carbocycles. The van der Waals surface area contributed by atoms with E-state index in [1.165, 1.54) is 29.1 Å². The van der Waals surface area contributed by atoms with Gasteiger partial charge in [0.05, 0.1) is 42.3 Å². The van der Waals surface area contributed by atoms with Crippen LogP contribution in [0, 0.1) is 11.2 Å². The topological polar surface area (TPSA) is 49.9 Å². The fourth-order valence-corrected chi connectivity index (χ4v) is 6.36. The number of likely N-dealkylation sites (N-methyl/N-ethyl adjacent to an activating group) is 1. The minimum absolute atomic E-state index is 0.0238. The standard InChI is InChI=1S/C30H39FN3O3/c1-30(2,3)29(36)37-20-34(17-6-9-27(35)21-10-12-22(31)13-11-21)18-14-25-24(19-34)23-7-5-8-26-28(23)33(25)16-15-32(26)4/h5,7-8,10-13,24-25H,6,9,14-20H2,1-4H3/q+1. The fraction of sp³-hybridized carbons (Fsp3) is 0.533. The lowest BCUT2D eigenvalue weighted by Crippen LogP contribution is -2.60. The number of quaternary nitrogens is 1. The molecule has 0 aliphatic carbocycles. The summed E-state index contributed by atoms with van der Waals surface area (Å²) in [6.45, 7) is 10.6. The number of hydrogen-bond donors (Lipinski definition) is 0. The molecule has 198 valence electrons. The molecule has 0 bridgehead atoms. The molecule has 0 spiro atoms. The van der Waals surface area contributed by atoms with Crippen LogP contribution in [0.4, 0.5) is 15.8 Å². The molecular formula is C30H39FN3O3+. The van der Waals surface area contributed by atoms with Gasteiger partial charge in [-0.15, -0.1) is 0 Å². The predicted molar refractivity (Wildman–Crippen MR) is 143 cm³/mol. The van der Waals surface area contributed by atoms with Crippen molar-refractivity contribution in [2.24, 2.45) is 5.41 Å². The summed E-state index contributed by atoms with van der Waals surface area (Å²) in [6.07, 6.45) is 2.12. The van der Waals surface area contributed by atoms with Gasteiger partial charge in [-0.1, -0.05) is 12.1 Å². The van der Waals surface area contributed by atoms with Crippen LogP contribution >= 0.6 is 0 Å². The number of carbonyl (C=O) groups excluding carboxylic acids is 2. The van der Waals surface area contributed by atoms with Crippen molar-refractivity contribution < 1.29 is 23.2 Å². The Labute approximate surface area is 219 Å². The first-order valence-electron chi connectivity index (χ1n) is 13.5. The zero-order valence-electron chi connectivity index (χ0n) is 22.5. The summed E-state index contributed by atoms with van der Waals surface area (Å²) in [7, 11) is 2.17. The van der Waals surface area contributed by atoms with E-state index < -0.39 is 5.41 Å². The van der Waals surface area contributed by atoms with E-state index in [0.717, 1.165) is 39.1 Å². The number of carbonyl (C=O) groups is 2. The number of fused-ring (bicyclic) bond motifs is 3. The van der Waals surface area contributed by atoms with Gasteiger partial charge in [-0.2, -0.15) is 0 Å². The molecule has 1 fully saturated rings. The van der Waals surface area contributed by atoms with Gasteiger partial charge < -0.3 is 14.5 Å². The summed E-state index contributed by atoms with van der Waals surface area (Å²) >= 11 is 0. The third kappa shape index (κ3) is 4.98. The molecule has 0 amide bonds. The number of nitrogens with zero attached hydrogens (tertiary/aromatic N) is 3. The van der Waals surface area contributed by atoms with E-state index in [2.05, 4.69) is 35.0 Å². The SMILES string of the molecule is CN1CCN2c3c(cccc31)C1C[N+](CCCC(=O)c3ccc(F)cc3)(COC(=O)C(C)(C)C)CCC12. The van der Waals surface area contributed by atoms with Gasteiger partial charge in [0.1, 0.15) is 5.82 Å². The predicted octanol–water partition coefficient (Wildman–Crippen LogP) is 4.98. The Morgan fingerprint density at radius 3 is 2.59 bits per heavy atom. The van der Waals surface area contributed by atoms with Crippen LogP contribution in [0.1, 0.15) is 61.9 Å². The van der Waals surface area contributed by atoms with Crippen LogP contribution in [-0.4, -0.2) is 68.8 Å². The number of ether oxygens (including phenoxy) is 1. The molecule has 37 heavy (non-hydrogen) atoms. The Hall–Kier alpha value is -2.93.